The van der Waals surface area contributed by atoms with Crippen molar-refractivity contribution in [2.75, 3.05) is 12.9 Å². The van der Waals surface area contributed by atoms with E-state index in [0.717, 1.165) is 19.3 Å². The van der Waals surface area contributed by atoms with Crippen LogP contribution >= 0.6 is 0 Å². The van der Waals surface area contributed by atoms with E-state index in [1.807, 2.05) is 12.1 Å². The molecule has 0 spiro atoms. The van der Waals surface area contributed by atoms with Gasteiger partial charge in [0.2, 0.25) is 21.2 Å². The van der Waals surface area contributed by atoms with Gasteiger partial charge in [0.05, 0.1) is 18.3 Å². The zero-order valence-corrected chi connectivity index (χ0v) is 15.9. The minimum absolute atomic E-state index is 0.102. The van der Waals surface area contributed by atoms with Gasteiger partial charge in [0.25, 0.3) is 0 Å². The molecule has 1 aromatic carbocycles. The minimum atomic E-state index is -3.31. The highest BCUT2D eigenvalue weighted by atomic mass is 32.2. The van der Waals surface area contributed by atoms with Crippen LogP contribution < -0.4 is 14.9 Å². The smallest absolute Gasteiger partial charge is 0.227 e. The normalized spacial score (nSPS) is 18.3. The fourth-order valence-electron chi connectivity index (χ4n) is 3.40. The molecule has 7 nitrogen and oxygen atoms in total. The second-order valence-corrected chi connectivity index (χ2v) is 9.18. The van der Waals surface area contributed by atoms with Crippen LogP contribution in [0.5, 0.6) is 5.75 Å². The topological polar surface area (TPSA) is 88.8 Å². The lowest BCUT2D eigenvalue weighted by Crippen LogP contribution is -2.40. The lowest BCUT2D eigenvalue weighted by Gasteiger charge is -2.17. The van der Waals surface area contributed by atoms with Crippen molar-refractivity contribution in [3.8, 4) is 5.75 Å². The second kappa shape index (κ2) is 6.78. The molecule has 1 fully saturated rings. The van der Waals surface area contributed by atoms with Crippen molar-refractivity contribution in [2.24, 2.45) is 0 Å². The second-order valence-electron chi connectivity index (χ2n) is 7.43. The maximum absolute atomic E-state index is 12.3. The molecule has 0 bridgehead atoms. The SMILES string of the molecule is CS(=O)(=O)NC1(COc2coc(CN3Cc4ccccc4C3)cc2=O)CC1. The van der Waals surface area contributed by atoms with Gasteiger partial charge in [-0.1, -0.05) is 24.3 Å². The summed E-state index contributed by atoms with van der Waals surface area (Å²) in [6, 6.07) is 9.73. The van der Waals surface area contributed by atoms with Crippen molar-refractivity contribution < 1.29 is 17.6 Å². The summed E-state index contributed by atoms with van der Waals surface area (Å²) in [5, 5.41) is 0. The van der Waals surface area contributed by atoms with Crippen molar-refractivity contribution in [1.29, 1.82) is 0 Å². The van der Waals surface area contributed by atoms with Crippen molar-refractivity contribution in [2.45, 2.75) is 38.0 Å². The number of benzene rings is 1. The molecule has 0 saturated heterocycles. The molecular formula is C19H22N2O5S. The van der Waals surface area contributed by atoms with Crippen LogP contribution in [0.2, 0.25) is 0 Å². The molecule has 1 saturated carbocycles. The van der Waals surface area contributed by atoms with E-state index in [-0.39, 0.29) is 17.8 Å². The lowest BCUT2D eigenvalue weighted by atomic mass is 10.1. The number of hydrogen-bond donors (Lipinski definition) is 1. The predicted octanol–water partition coefficient (Wildman–Crippen LogP) is 1.62. The molecule has 0 unspecified atom stereocenters. The van der Waals surface area contributed by atoms with Crippen LogP contribution in [-0.2, 0) is 29.7 Å². The molecule has 2 aromatic rings. The average molecular weight is 390 g/mol. The van der Waals surface area contributed by atoms with E-state index < -0.39 is 15.6 Å². The fraction of sp³-hybridized carbons (Fsp3) is 0.421. The molecule has 0 amide bonds. The molecule has 1 aliphatic heterocycles. The van der Waals surface area contributed by atoms with Gasteiger partial charge in [0, 0.05) is 19.2 Å². The molecule has 8 heteroatoms. The Balaban J connectivity index is 1.37. The quantitative estimate of drug-likeness (QED) is 0.773. The number of ether oxygens (including phenoxy) is 1. The Labute approximate surface area is 158 Å². The van der Waals surface area contributed by atoms with Gasteiger partial charge in [-0.15, -0.1) is 0 Å². The number of fused-ring (bicyclic) bond motifs is 1. The Bertz CT molecular complexity index is 986. The molecule has 27 heavy (non-hydrogen) atoms. The summed E-state index contributed by atoms with van der Waals surface area (Å²) in [6.07, 6.45) is 3.82. The summed E-state index contributed by atoms with van der Waals surface area (Å²) in [5.41, 5.74) is 1.74. The molecule has 144 valence electrons. The van der Waals surface area contributed by atoms with E-state index in [2.05, 4.69) is 21.8 Å². The van der Waals surface area contributed by atoms with Crippen LogP contribution in [0.1, 0.15) is 29.7 Å². The molecule has 1 aromatic heterocycles. The molecular weight excluding hydrogens is 368 g/mol. The Morgan fingerprint density at radius 1 is 1.22 bits per heavy atom. The van der Waals surface area contributed by atoms with Gasteiger partial charge >= 0.3 is 0 Å². The molecule has 0 atom stereocenters. The first kappa shape index (κ1) is 18.2. The van der Waals surface area contributed by atoms with Gasteiger partial charge in [-0.2, -0.15) is 0 Å². The minimum Gasteiger partial charge on any atom is -0.485 e. The van der Waals surface area contributed by atoms with Gasteiger partial charge in [-0.25, -0.2) is 13.1 Å². The summed E-state index contributed by atoms with van der Waals surface area (Å²) >= 11 is 0. The first-order chi connectivity index (χ1) is 12.8. The van der Waals surface area contributed by atoms with Crippen LogP contribution in [0.3, 0.4) is 0 Å². The Morgan fingerprint density at radius 3 is 2.44 bits per heavy atom. The number of sulfonamides is 1. The van der Waals surface area contributed by atoms with E-state index in [4.69, 9.17) is 9.15 Å². The first-order valence-corrected chi connectivity index (χ1v) is 10.7. The Morgan fingerprint density at radius 2 is 1.89 bits per heavy atom. The van der Waals surface area contributed by atoms with Crippen LogP contribution in [0.4, 0.5) is 0 Å². The molecule has 1 aliphatic carbocycles. The number of hydrogen-bond acceptors (Lipinski definition) is 6. The van der Waals surface area contributed by atoms with E-state index in [9.17, 15) is 13.2 Å². The zero-order valence-electron chi connectivity index (χ0n) is 15.1. The van der Waals surface area contributed by atoms with E-state index >= 15 is 0 Å². The average Bonchev–Trinajstić information content (AvgIpc) is 3.21. The number of nitrogens with zero attached hydrogens (tertiary/aromatic N) is 1. The third kappa shape index (κ3) is 4.40. The number of nitrogens with one attached hydrogen (secondary N) is 1. The molecule has 1 N–H and O–H groups in total. The van der Waals surface area contributed by atoms with Crippen molar-refractivity contribution >= 4 is 10.0 Å². The number of rotatable bonds is 7. The fourth-order valence-corrected chi connectivity index (χ4v) is 4.45. The van der Waals surface area contributed by atoms with E-state index in [1.165, 1.54) is 23.5 Å². The lowest BCUT2D eigenvalue weighted by molar-refractivity contribution is 0.236. The van der Waals surface area contributed by atoms with Gasteiger partial charge in [0.1, 0.15) is 18.6 Å². The molecule has 4 rings (SSSR count). The summed E-state index contributed by atoms with van der Waals surface area (Å²) in [6.45, 7) is 2.32. The van der Waals surface area contributed by atoms with Crippen molar-refractivity contribution in [1.82, 2.24) is 9.62 Å². The van der Waals surface area contributed by atoms with Gasteiger partial charge < -0.3 is 9.15 Å². The van der Waals surface area contributed by atoms with Gasteiger partial charge in [-0.3, -0.25) is 9.69 Å². The van der Waals surface area contributed by atoms with Gasteiger partial charge in [-0.05, 0) is 24.0 Å². The highest BCUT2D eigenvalue weighted by Crippen LogP contribution is 2.36. The van der Waals surface area contributed by atoms with Crippen LogP contribution in [0, 0.1) is 0 Å². The third-order valence-electron chi connectivity index (χ3n) is 4.90. The maximum Gasteiger partial charge on any atom is 0.227 e. The van der Waals surface area contributed by atoms with E-state index in [0.29, 0.717) is 25.1 Å². The third-order valence-corrected chi connectivity index (χ3v) is 5.70. The summed E-state index contributed by atoms with van der Waals surface area (Å²) in [4.78, 5) is 14.5. The predicted molar refractivity (Wildman–Crippen MR) is 99.8 cm³/mol. The molecule has 0 radical (unpaired) electrons. The Kier molecular flexibility index (Phi) is 4.57. The monoisotopic (exact) mass is 390 g/mol. The van der Waals surface area contributed by atoms with Crippen molar-refractivity contribution in [3.63, 3.8) is 0 Å². The highest BCUT2D eigenvalue weighted by Gasteiger charge is 2.46. The highest BCUT2D eigenvalue weighted by molar-refractivity contribution is 7.88. The van der Waals surface area contributed by atoms with Crippen molar-refractivity contribution in [3.05, 3.63) is 63.7 Å². The zero-order chi connectivity index (χ0) is 19.1. The summed E-state index contributed by atoms with van der Waals surface area (Å²) < 4.78 is 36.5. The molecule has 2 heterocycles. The van der Waals surface area contributed by atoms with Gasteiger partial charge in [0.15, 0.2) is 0 Å². The maximum atomic E-state index is 12.3. The van der Waals surface area contributed by atoms with Crippen LogP contribution in [0.25, 0.3) is 0 Å². The molecule has 2 aliphatic rings. The summed E-state index contributed by atoms with van der Waals surface area (Å²) in [5.74, 6) is 0.681. The van der Waals surface area contributed by atoms with Crippen LogP contribution in [0.15, 0.2) is 45.8 Å². The Hall–Kier alpha value is -2.16. The van der Waals surface area contributed by atoms with Crippen LogP contribution in [-0.4, -0.2) is 31.7 Å². The summed E-state index contributed by atoms with van der Waals surface area (Å²) in [7, 11) is -3.31. The standard InChI is InChI=1S/C19H22N2O5S/c1-27(23,24)20-19(6-7-19)13-26-18-12-25-16(8-17(18)22)11-21-9-14-4-2-3-5-15(14)10-21/h2-5,8,12,20H,6-7,9-11,13H2,1H3. The first-order valence-electron chi connectivity index (χ1n) is 8.85. The largest absolute Gasteiger partial charge is 0.485 e. The van der Waals surface area contributed by atoms with E-state index in [1.54, 1.807) is 0 Å².